The molecule has 1 unspecified atom stereocenters. The second-order valence-corrected chi connectivity index (χ2v) is 11.0. The number of aryl methyl sites for hydroxylation is 1. The lowest BCUT2D eigenvalue weighted by Crippen LogP contribution is -2.52. The molecule has 0 aliphatic heterocycles. The third-order valence-corrected chi connectivity index (χ3v) is 8.06. The summed E-state index contributed by atoms with van der Waals surface area (Å²) in [6.45, 7) is 2.41. The van der Waals surface area contributed by atoms with Gasteiger partial charge in [-0.2, -0.15) is 0 Å². The van der Waals surface area contributed by atoms with Crippen molar-refractivity contribution in [3.8, 4) is 5.75 Å². The van der Waals surface area contributed by atoms with Crippen molar-refractivity contribution in [2.75, 3.05) is 12.9 Å². The third kappa shape index (κ3) is 8.12. The Morgan fingerprint density at radius 3 is 2.37 bits per heavy atom. The fraction of sp³-hybridized carbons (Fsp3) is 0.375. The Balaban J connectivity index is 1.57. The lowest BCUT2D eigenvalue weighted by molar-refractivity contribution is -0.139. The van der Waals surface area contributed by atoms with Crippen molar-refractivity contribution >= 4 is 23.6 Å². The van der Waals surface area contributed by atoms with Crippen LogP contribution in [0.1, 0.15) is 47.9 Å². The quantitative estimate of drug-likeness (QED) is 0.315. The minimum absolute atomic E-state index is 0.0348. The Morgan fingerprint density at radius 2 is 1.66 bits per heavy atom. The van der Waals surface area contributed by atoms with Crippen molar-refractivity contribution in [2.24, 2.45) is 0 Å². The maximum absolute atomic E-state index is 13.8. The summed E-state index contributed by atoms with van der Waals surface area (Å²) in [5, 5.41) is 3.27. The molecular weight excluding hydrogens is 492 g/mol. The van der Waals surface area contributed by atoms with Crippen LogP contribution >= 0.6 is 11.8 Å². The molecule has 0 spiro atoms. The maximum Gasteiger partial charge on any atom is 0.243 e. The van der Waals surface area contributed by atoms with Gasteiger partial charge in [-0.3, -0.25) is 9.59 Å². The van der Waals surface area contributed by atoms with Crippen molar-refractivity contribution in [1.29, 1.82) is 0 Å². The average Bonchev–Trinajstić information content (AvgIpc) is 3.45. The van der Waals surface area contributed by atoms with Crippen LogP contribution in [0.5, 0.6) is 5.75 Å². The highest BCUT2D eigenvalue weighted by molar-refractivity contribution is 7.99. The molecule has 1 aliphatic rings. The molecule has 0 bridgehead atoms. The summed E-state index contributed by atoms with van der Waals surface area (Å²) in [4.78, 5) is 29.3. The van der Waals surface area contributed by atoms with Gasteiger partial charge in [-0.1, -0.05) is 85.1 Å². The number of amides is 2. The third-order valence-electron chi connectivity index (χ3n) is 7.07. The van der Waals surface area contributed by atoms with Gasteiger partial charge in [-0.15, -0.1) is 11.8 Å². The van der Waals surface area contributed by atoms with Crippen LogP contribution in [-0.4, -0.2) is 41.7 Å². The fourth-order valence-electron chi connectivity index (χ4n) is 4.91. The standard InChI is InChI=1S/C32H38N2O3S/c1-24-15-17-26(18-16-24)22-38-23-31(35)34(21-27-11-8-14-29(19-27)37-2)30(20-25-9-4-3-5-10-25)32(36)33-28-12-6-7-13-28/h3-5,8-11,14-19,28,30H,6-7,12-13,20-23H2,1-2H3,(H,33,36). The number of nitrogens with one attached hydrogen (secondary N) is 1. The van der Waals surface area contributed by atoms with Crippen LogP contribution in [0.25, 0.3) is 0 Å². The Labute approximate surface area is 231 Å². The van der Waals surface area contributed by atoms with Gasteiger partial charge in [-0.25, -0.2) is 0 Å². The van der Waals surface area contributed by atoms with Crippen molar-refractivity contribution in [1.82, 2.24) is 10.2 Å². The summed E-state index contributed by atoms with van der Waals surface area (Å²) in [5.74, 6) is 1.68. The van der Waals surface area contributed by atoms with Crippen LogP contribution in [0.4, 0.5) is 0 Å². The number of methoxy groups -OCH3 is 1. The molecule has 4 rings (SSSR count). The molecule has 2 amide bonds. The van der Waals surface area contributed by atoms with E-state index in [1.807, 2.05) is 54.6 Å². The van der Waals surface area contributed by atoms with Crippen LogP contribution in [0.2, 0.25) is 0 Å². The van der Waals surface area contributed by atoms with E-state index in [0.29, 0.717) is 18.7 Å². The summed E-state index contributed by atoms with van der Waals surface area (Å²) < 4.78 is 5.42. The number of benzene rings is 3. The predicted octanol–water partition coefficient (Wildman–Crippen LogP) is 5.94. The molecule has 3 aromatic rings. The molecule has 3 aromatic carbocycles. The zero-order valence-electron chi connectivity index (χ0n) is 22.4. The van der Waals surface area contributed by atoms with Gasteiger partial charge < -0.3 is 15.0 Å². The molecule has 0 heterocycles. The summed E-state index contributed by atoms with van der Waals surface area (Å²) >= 11 is 1.59. The number of thioether (sulfide) groups is 1. The minimum Gasteiger partial charge on any atom is -0.497 e. The number of nitrogens with zero attached hydrogens (tertiary/aromatic N) is 1. The van der Waals surface area contributed by atoms with E-state index in [-0.39, 0.29) is 17.9 Å². The first-order valence-corrected chi connectivity index (χ1v) is 14.6. The van der Waals surface area contributed by atoms with Crippen LogP contribution < -0.4 is 10.1 Å². The van der Waals surface area contributed by atoms with E-state index in [9.17, 15) is 9.59 Å². The first-order valence-electron chi connectivity index (χ1n) is 13.4. The molecule has 1 aliphatic carbocycles. The molecule has 200 valence electrons. The van der Waals surface area contributed by atoms with E-state index in [1.165, 1.54) is 11.1 Å². The lowest BCUT2D eigenvalue weighted by Gasteiger charge is -2.32. The van der Waals surface area contributed by atoms with Crippen LogP contribution in [0.15, 0.2) is 78.9 Å². The molecular formula is C32H38N2O3S. The zero-order chi connectivity index (χ0) is 26.7. The van der Waals surface area contributed by atoms with Gasteiger partial charge in [-0.05, 0) is 48.6 Å². The molecule has 0 radical (unpaired) electrons. The van der Waals surface area contributed by atoms with Crippen LogP contribution in [0, 0.1) is 6.92 Å². The summed E-state index contributed by atoms with van der Waals surface area (Å²) in [6, 6.07) is 25.7. The van der Waals surface area contributed by atoms with E-state index in [2.05, 4.69) is 36.5 Å². The summed E-state index contributed by atoms with van der Waals surface area (Å²) in [7, 11) is 1.64. The average molecular weight is 531 g/mol. The normalized spacial score (nSPS) is 14.2. The maximum atomic E-state index is 13.8. The number of rotatable bonds is 12. The van der Waals surface area contributed by atoms with Gasteiger partial charge in [0.15, 0.2) is 0 Å². The number of ether oxygens (including phenoxy) is 1. The monoisotopic (exact) mass is 530 g/mol. The molecule has 1 saturated carbocycles. The number of hydrogen-bond donors (Lipinski definition) is 1. The summed E-state index contributed by atoms with van der Waals surface area (Å²) in [5.41, 5.74) is 4.38. The molecule has 5 nitrogen and oxygen atoms in total. The lowest BCUT2D eigenvalue weighted by atomic mass is 10.0. The SMILES string of the molecule is COc1cccc(CN(C(=O)CSCc2ccc(C)cc2)C(Cc2ccccc2)C(=O)NC2CCCC2)c1. The van der Waals surface area contributed by atoms with Crippen molar-refractivity contribution in [3.63, 3.8) is 0 Å². The van der Waals surface area contributed by atoms with Crippen molar-refractivity contribution in [3.05, 3.63) is 101 Å². The topological polar surface area (TPSA) is 58.6 Å². The smallest absolute Gasteiger partial charge is 0.243 e. The highest BCUT2D eigenvalue weighted by Gasteiger charge is 2.32. The van der Waals surface area contributed by atoms with Crippen LogP contribution in [0.3, 0.4) is 0 Å². The fourth-order valence-corrected chi connectivity index (χ4v) is 5.78. The molecule has 6 heteroatoms. The van der Waals surface area contributed by atoms with Gasteiger partial charge in [0.1, 0.15) is 11.8 Å². The highest BCUT2D eigenvalue weighted by Crippen LogP contribution is 2.22. The van der Waals surface area contributed by atoms with E-state index in [1.54, 1.807) is 23.8 Å². The number of carbonyl (C=O) groups excluding carboxylic acids is 2. The Bertz CT molecular complexity index is 1180. The van der Waals surface area contributed by atoms with E-state index < -0.39 is 6.04 Å². The van der Waals surface area contributed by atoms with Gasteiger partial charge in [0.2, 0.25) is 11.8 Å². The highest BCUT2D eigenvalue weighted by atomic mass is 32.2. The summed E-state index contributed by atoms with van der Waals surface area (Å²) in [6.07, 6.45) is 4.74. The first kappa shape index (κ1) is 27.8. The molecule has 1 N–H and O–H groups in total. The Kier molecular flexibility index (Phi) is 10.3. The van der Waals surface area contributed by atoms with E-state index in [0.717, 1.165) is 48.3 Å². The first-order chi connectivity index (χ1) is 18.5. The second-order valence-electron chi connectivity index (χ2n) is 10.0. The number of carbonyl (C=O) groups is 2. The van der Waals surface area contributed by atoms with Gasteiger partial charge in [0.25, 0.3) is 0 Å². The predicted molar refractivity (Wildman–Crippen MR) is 155 cm³/mol. The van der Waals surface area contributed by atoms with Crippen molar-refractivity contribution < 1.29 is 14.3 Å². The second kappa shape index (κ2) is 14.1. The van der Waals surface area contributed by atoms with E-state index in [4.69, 9.17) is 4.74 Å². The van der Waals surface area contributed by atoms with Gasteiger partial charge in [0.05, 0.1) is 12.9 Å². The van der Waals surface area contributed by atoms with Gasteiger partial charge in [0, 0.05) is 24.8 Å². The van der Waals surface area contributed by atoms with Crippen molar-refractivity contribution in [2.45, 2.75) is 63.4 Å². The molecule has 1 atom stereocenters. The number of hydrogen-bond acceptors (Lipinski definition) is 4. The molecule has 1 fully saturated rings. The van der Waals surface area contributed by atoms with Gasteiger partial charge >= 0.3 is 0 Å². The molecule has 0 aromatic heterocycles. The van der Waals surface area contributed by atoms with Crippen LogP contribution in [-0.2, 0) is 28.3 Å². The molecule has 38 heavy (non-hydrogen) atoms. The zero-order valence-corrected chi connectivity index (χ0v) is 23.2. The Morgan fingerprint density at radius 1 is 0.947 bits per heavy atom. The largest absolute Gasteiger partial charge is 0.497 e. The minimum atomic E-state index is -0.600. The Hall–Kier alpha value is -3.25. The molecule has 0 saturated heterocycles. The van der Waals surface area contributed by atoms with E-state index >= 15 is 0 Å².